The van der Waals surface area contributed by atoms with Gasteiger partial charge in [0.25, 0.3) is 0 Å². The van der Waals surface area contributed by atoms with Crippen molar-refractivity contribution in [2.45, 2.75) is 10.4 Å². The van der Waals surface area contributed by atoms with E-state index in [4.69, 9.17) is 0 Å². The van der Waals surface area contributed by atoms with Gasteiger partial charge in [0, 0.05) is 24.7 Å². The van der Waals surface area contributed by atoms with Gasteiger partial charge >= 0.3 is 0 Å². The molecule has 0 unspecified atom stereocenters. The van der Waals surface area contributed by atoms with Crippen LogP contribution >= 0.6 is 0 Å². The predicted molar refractivity (Wildman–Crippen MR) is 77.7 cm³/mol. The molecule has 1 saturated heterocycles. The van der Waals surface area contributed by atoms with Crippen molar-refractivity contribution in [3.8, 4) is 11.1 Å². The highest BCUT2D eigenvalue weighted by Gasteiger charge is 2.31. The van der Waals surface area contributed by atoms with E-state index < -0.39 is 15.3 Å². The van der Waals surface area contributed by atoms with E-state index in [1.165, 1.54) is 0 Å². The Kier molecular flexibility index (Phi) is 3.56. The Morgan fingerprint density at radius 2 is 1.70 bits per heavy atom. The second kappa shape index (κ2) is 5.36. The Bertz CT molecular complexity index is 693. The molecule has 0 bridgehead atoms. The van der Waals surface area contributed by atoms with Gasteiger partial charge < -0.3 is 0 Å². The lowest BCUT2D eigenvalue weighted by atomic mass is 10.1. The van der Waals surface area contributed by atoms with E-state index in [0.29, 0.717) is 18.7 Å². The second-order valence-corrected chi connectivity index (χ2v) is 6.58. The minimum atomic E-state index is -3.50. The molecule has 5 heteroatoms. The van der Waals surface area contributed by atoms with Crippen molar-refractivity contribution < 1.29 is 8.42 Å². The van der Waals surface area contributed by atoms with Gasteiger partial charge in [-0.25, -0.2) is 8.42 Å². The van der Waals surface area contributed by atoms with Gasteiger partial charge in [-0.1, -0.05) is 48.5 Å². The second-order valence-electron chi connectivity index (χ2n) is 4.61. The van der Waals surface area contributed by atoms with E-state index in [9.17, 15) is 8.42 Å². The molecular weight excluding hydrogens is 272 g/mol. The summed E-state index contributed by atoms with van der Waals surface area (Å²) in [6.45, 7) is 1.30. The molecule has 1 aliphatic heterocycles. The number of nitrogens with one attached hydrogen (secondary N) is 2. The quantitative estimate of drug-likeness (QED) is 0.896. The highest BCUT2D eigenvalue weighted by atomic mass is 32.2. The Hall–Kier alpha value is -1.69. The average molecular weight is 287 g/mol. The summed E-state index contributed by atoms with van der Waals surface area (Å²) in [5.41, 5.74) is 0.827. The third kappa shape index (κ3) is 2.35. The first-order valence-corrected chi connectivity index (χ1v) is 8.01. The van der Waals surface area contributed by atoms with Crippen molar-refractivity contribution in [1.82, 2.24) is 10.6 Å². The van der Waals surface area contributed by atoms with E-state index >= 15 is 0 Å². The molecule has 4 nitrogen and oxygen atoms in total. The molecule has 0 atom stereocenters. The standard InChI is InChI=1S/C15H15N2O2S/c18-20(19,15-16-10-11-17-15)14-9-5-4-8-13(14)12-6-2-1-3-7-12/h1-8,15-17H,10-11H2. The monoisotopic (exact) mass is 287 g/mol. The Labute approximate surface area is 118 Å². The van der Waals surface area contributed by atoms with Crippen molar-refractivity contribution >= 4 is 9.84 Å². The van der Waals surface area contributed by atoms with E-state index in [1.54, 1.807) is 12.1 Å². The minimum absolute atomic E-state index is 0.234. The summed E-state index contributed by atoms with van der Waals surface area (Å²) in [6.07, 6.45) is 0. The third-order valence-corrected chi connectivity index (χ3v) is 5.14. The zero-order chi connectivity index (χ0) is 14.0. The molecular formula is C15H15N2O2S. The summed E-state index contributed by atoms with van der Waals surface area (Å²) < 4.78 is 25.3. The minimum Gasteiger partial charge on any atom is -0.288 e. The van der Waals surface area contributed by atoms with E-state index in [-0.39, 0.29) is 4.90 Å². The summed E-state index contributed by atoms with van der Waals surface area (Å²) in [5, 5.41) is 5.91. The van der Waals surface area contributed by atoms with E-state index in [1.807, 2.05) is 36.4 Å². The molecule has 0 saturated carbocycles. The van der Waals surface area contributed by atoms with Crippen molar-refractivity contribution in [2.24, 2.45) is 0 Å². The lowest BCUT2D eigenvalue weighted by Gasteiger charge is -2.15. The smallest absolute Gasteiger partial charge is 0.209 e. The van der Waals surface area contributed by atoms with Gasteiger partial charge in [0.05, 0.1) is 4.90 Å². The first-order valence-electron chi connectivity index (χ1n) is 6.46. The molecule has 20 heavy (non-hydrogen) atoms. The van der Waals surface area contributed by atoms with Crippen molar-refractivity contribution in [3.05, 3.63) is 54.6 Å². The fraction of sp³-hybridized carbons (Fsp3) is 0.200. The SMILES string of the molecule is O=S(=O)(c1[c]cccc1-c1ccccc1)C1NCCN1. The molecule has 0 amide bonds. The van der Waals surface area contributed by atoms with Crippen molar-refractivity contribution in [3.63, 3.8) is 0 Å². The van der Waals surface area contributed by atoms with Crippen LogP contribution in [0.2, 0.25) is 0 Å². The van der Waals surface area contributed by atoms with E-state index in [2.05, 4.69) is 16.7 Å². The Morgan fingerprint density at radius 1 is 1.00 bits per heavy atom. The highest BCUT2D eigenvalue weighted by Crippen LogP contribution is 2.28. The van der Waals surface area contributed by atoms with E-state index in [0.717, 1.165) is 5.56 Å². The van der Waals surface area contributed by atoms with Gasteiger partial charge in [-0.2, -0.15) is 0 Å². The molecule has 2 aromatic carbocycles. The van der Waals surface area contributed by atoms with Crippen LogP contribution in [0.25, 0.3) is 11.1 Å². The summed E-state index contributed by atoms with van der Waals surface area (Å²) in [4.78, 5) is 0.234. The van der Waals surface area contributed by atoms with Crippen LogP contribution in [0.4, 0.5) is 0 Å². The average Bonchev–Trinajstić information content (AvgIpc) is 3.03. The van der Waals surface area contributed by atoms with Gasteiger partial charge in [-0.3, -0.25) is 10.6 Å². The lowest BCUT2D eigenvalue weighted by Crippen LogP contribution is -2.39. The molecule has 0 spiro atoms. The maximum atomic E-state index is 12.7. The maximum absolute atomic E-state index is 12.7. The normalized spacial score (nSPS) is 16.4. The van der Waals surface area contributed by atoms with Crippen LogP contribution in [0.1, 0.15) is 0 Å². The molecule has 1 heterocycles. The highest BCUT2D eigenvalue weighted by molar-refractivity contribution is 7.92. The number of benzene rings is 2. The summed E-state index contributed by atoms with van der Waals surface area (Å²) >= 11 is 0. The molecule has 2 aromatic rings. The van der Waals surface area contributed by atoms with Crippen LogP contribution in [-0.2, 0) is 9.84 Å². The molecule has 0 aliphatic carbocycles. The van der Waals surface area contributed by atoms with Crippen LogP contribution < -0.4 is 10.6 Å². The number of sulfone groups is 1. The van der Waals surface area contributed by atoms with Crippen LogP contribution in [0, 0.1) is 6.07 Å². The summed E-state index contributed by atoms with van der Waals surface area (Å²) in [5.74, 6) is 0. The Balaban J connectivity index is 2.11. The van der Waals surface area contributed by atoms with Gasteiger partial charge in [0.15, 0.2) is 5.50 Å². The number of hydrogen-bond donors (Lipinski definition) is 2. The predicted octanol–water partition coefficient (Wildman–Crippen LogP) is 1.40. The zero-order valence-corrected chi connectivity index (χ0v) is 11.7. The fourth-order valence-electron chi connectivity index (χ4n) is 2.32. The Morgan fingerprint density at radius 3 is 2.40 bits per heavy atom. The van der Waals surface area contributed by atoms with Crippen molar-refractivity contribution in [1.29, 1.82) is 0 Å². The molecule has 2 N–H and O–H groups in total. The number of rotatable bonds is 3. The van der Waals surface area contributed by atoms with Crippen LogP contribution in [0.5, 0.6) is 0 Å². The molecule has 1 aliphatic rings. The molecule has 103 valence electrons. The topological polar surface area (TPSA) is 58.2 Å². The third-order valence-electron chi connectivity index (χ3n) is 3.28. The molecule has 1 fully saturated rings. The first kappa shape index (κ1) is 13.3. The lowest BCUT2D eigenvalue weighted by molar-refractivity contribution is 0.561. The summed E-state index contributed by atoms with van der Waals surface area (Å²) in [6, 6.07) is 17.6. The van der Waals surface area contributed by atoms with Crippen LogP contribution in [-0.4, -0.2) is 27.0 Å². The summed E-state index contributed by atoms with van der Waals surface area (Å²) in [7, 11) is -3.50. The van der Waals surface area contributed by atoms with Crippen LogP contribution in [0.15, 0.2) is 53.4 Å². The molecule has 0 aromatic heterocycles. The number of hydrogen-bond acceptors (Lipinski definition) is 4. The molecule has 1 radical (unpaired) electrons. The van der Waals surface area contributed by atoms with Gasteiger partial charge in [0.2, 0.25) is 9.84 Å². The van der Waals surface area contributed by atoms with Gasteiger partial charge in [-0.15, -0.1) is 0 Å². The van der Waals surface area contributed by atoms with Crippen molar-refractivity contribution in [2.75, 3.05) is 13.1 Å². The molecule has 3 rings (SSSR count). The van der Waals surface area contributed by atoms with Gasteiger partial charge in [0.1, 0.15) is 0 Å². The van der Waals surface area contributed by atoms with Crippen LogP contribution in [0.3, 0.4) is 0 Å². The first-order chi connectivity index (χ1) is 9.69. The largest absolute Gasteiger partial charge is 0.288 e. The zero-order valence-electron chi connectivity index (χ0n) is 10.8. The fourth-order valence-corrected chi connectivity index (χ4v) is 3.95. The van der Waals surface area contributed by atoms with Gasteiger partial charge in [-0.05, 0) is 5.56 Å². The maximum Gasteiger partial charge on any atom is 0.209 e.